The molecule has 3 heteroatoms. The van der Waals surface area contributed by atoms with Crippen LogP contribution in [0.3, 0.4) is 0 Å². The normalized spacial score (nSPS) is 32.2. The molecule has 2 unspecified atom stereocenters. The molecule has 0 saturated carbocycles. The van der Waals surface area contributed by atoms with Crippen molar-refractivity contribution < 1.29 is 14.6 Å². The molecule has 1 rings (SSSR count). The van der Waals surface area contributed by atoms with E-state index in [-0.39, 0.29) is 18.8 Å². The third kappa shape index (κ3) is 2.77. The van der Waals surface area contributed by atoms with Gasteiger partial charge in [-0.2, -0.15) is 0 Å². The lowest BCUT2D eigenvalue weighted by molar-refractivity contribution is -0.137. The molecule has 0 bridgehead atoms. The lowest BCUT2D eigenvalue weighted by Gasteiger charge is -2.28. The standard InChI is InChI=1S/C8H16O3/c1-2-7-5-11-8(3-4-9)6-10-7/h7-9H,2-6H2,1H3. The zero-order chi connectivity index (χ0) is 8.10. The number of hydrogen-bond acceptors (Lipinski definition) is 3. The summed E-state index contributed by atoms with van der Waals surface area (Å²) < 4.78 is 10.9. The molecule has 3 nitrogen and oxygen atoms in total. The summed E-state index contributed by atoms with van der Waals surface area (Å²) in [6.45, 7) is 3.59. The molecule has 1 aliphatic heterocycles. The van der Waals surface area contributed by atoms with E-state index in [1.165, 1.54) is 0 Å². The Balaban J connectivity index is 2.14. The molecule has 0 aromatic heterocycles. The summed E-state index contributed by atoms with van der Waals surface area (Å²) in [5, 5.41) is 8.61. The van der Waals surface area contributed by atoms with Crippen molar-refractivity contribution >= 4 is 0 Å². The fourth-order valence-electron chi connectivity index (χ4n) is 1.13. The Kier molecular flexibility index (Phi) is 3.83. The highest BCUT2D eigenvalue weighted by Crippen LogP contribution is 2.11. The molecular formula is C8H16O3. The molecule has 0 spiro atoms. The van der Waals surface area contributed by atoms with Gasteiger partial charge in [-0.1, -0.05) is 6.92 Å². The van der Waals surface area contributed by atoms with Crippen LogP contribution in [0.4, 0.5) is 0 Å². The lowest BCUT2D eigenvalue weighted by atomic mass is 10.2. The quantitative estimate of drug-likeness (QED) is 0.655. The fourth-order valence-corrected chi connectivity index (χ4v) is 1.13. The smallest absolute Gasteiger partial charge is 0.0831 e. The van der Waals surface area contributed by atoms with E-state index >= 15 is 0 Å². The summed E-state index contributed by atoms with van der Waals surface area (Å²) >= 11 is 0. The van der Waals surface area contributed by atoms with Crippen molar-refractivity contribution in [2.45, 2.75) is 32.0 Å². The van der Waals surface area contributed by atoms with Crippen molar-refractivity contribution in [1.29, 1.82) is 0 Å². The Morgan fingerprint density at radius 1 is 1.27 bits per heavy atom. The van der Waals surface area contributed by atoms with Crippen LogP contribution in [0.5, 0.6) is 0 Å². The van der Waals surface area contributed by atoms with E-state index < -0.39 is 0 Å². The van der Waals surface area contributed by atoms with Gasteiger partial charge in [0.05, 0.1) is 25.4 Å². The molecule has 1 aliphatic rings. The lowest BCUT2D eigenvalue weighted by Crippen LogP contribution is -2.35. The van der Waals surface area contributed by atoms with Crippen LogP contribution in [0.15, 0.2) is 0 Å². The molecule has 1 N–H and O–H groups in total. The number of ether oxygens (including phenoxy) is 2. The monoisotopic (exact) mass is 160 g/mol. The third-order valence-electron chi connectivity index (χ3n) is 1.94. The van der Waals surface area contributed by atoms with Gasteiger partial charge in [-0.25, -0.2) is 0 Å². The number of rotatable bonds is 3. The van der Waals surface area contributed by atoms with Crippen LogP contribution in [0, 0.1) is 0 Å². The van der Waals surface area contributed by atoms with Crippen LogP contribution in [-0.4, -0.2) is 37.1 Å². The highest BCUT2D eigenvalue weighted by molar-refractivity contribution is 4.66. The van der Waals surface area contributed by atoms with Crippen molar-refractivity contribution in [3.05, 3.63) is 0 Å². The average molecular weight is 160 g/mol. The average Bonchev–Trinajstić information content (AvgIpc) is 2.07. The molecule has 66 valence electrons. The second-order valence-corrected chi connectivity index (χ2v) is 2.83. The molecule has 0 aliphatic carbocycles. The van der Waals surface area contributed by atoms with Crippen LogP contribution >= 0.6 is 0 Å². The molecule has 1 saturated heterocycles. The minimum Gasteiger partial charge on any atom is -0.396 e. The summed E-state index contributed by atoms with van der Waals surface area (Å²) in [6, 6.07) is 0. The molecule has 1 fully saturated rings. The highest BCUT2D eigenvalue weighted by Gasteiger charge is 2.19. The van der Waals surface area contributed by atoms with Crippen LogP contribution < -0.4 is 0 Å². The van der Waals surface area contributed by atoms with Crippen LogP contribution in [0.2, 0.25) is 0 Å². The molecular weight excluding hydrogens is 144 g/mol. The van der Waals surface area contributed by atoms with Gasteiger partial charge < -0.3 is 14.6 Å². The van der Waals surface area contributed by atoms with Crippen molar-refractivity contribution in [3.8, 4) is 0 Å². The van der Waals surface area contributed by atoms with Gasteiger partial charge in [-0.3, -0.25) is 0 Å². The first-order chi connectivity index (χ1) is 5.36. The Hall–Kier alpha value is -0.120. The predicted octanol–water partition coefficient (Wildman–Crippen LogP) is 0.563. The fraction of sp³-hybridized carbons (Fsp3) is 1.00. The first-order valence-electron chi connectivity index (χ1n) is 4.21. The Morgan fingerprint density at radius 2 is 1.91 bits per heavy atom. The summed E-state index contributed by atoms with van der Waals surface area (Å²) in [4.78, 5) is 0. The van der Waals surface area contributed by atoms with E-state index in [1.54, 1.807) is 0 Å². The van der Waals surface area contributed by atoms with E-state index in [0.29, 0.717) is 19.6 Å². The van der Waals surface area contributed by atoms with Crippen molar-refractivity contribution in [2.24, 2.45) is 0 Å². The van der Waals surface area contributed by atoms with Gasteiger partial charge in [0, 0.05) is 6.61 Å². The second kappa shape index (κ2) is 4.70. The highest BCUT2D eigenvalue weighted by atomic mass is 16.6. The molecule has 1 heterocycles. The number of aliphatic hydroxyl groups excluding tert-OH is 1. The minimum absolute atomic E-state index is 0.114. The van der Waals surface area contributed by atoms with Crippen LogP contribution in [0.1, 0.15) is 19.8 Å². The van der Waals surface area contributed by atoms with Gasteiger partial charge in [0.25, 0.3) is 0 Å². The number of hydrogen-bond donors (Lipinski definition) is 1. The van der Waals surface area contributed by atoms with Gasteiger partial charge in [0.1, 0.15) is 0 Å². The molecule has 0 aromatic carbocycles. The van der Waals surface area contributed by atoms with E-state index in [9.17, 15) is 0 Å². The van der Waals surface area contributed by atoms with Gasteiger partial charge in [-0.15, -0.1) is 0 Å². The topological polar surface area (TPSA) is 38.7 Å². The van der Waals surface area contributed by atoms with Gasteiger partial charge in [-0.05, 0) is 12.8 Å². The molecule has 0 aromatic rings. The Morgan fingerprint density at radius 3 is 2.36 bits per heavy atom. The second-order valence-electron chi connectivity index (χ2n) is 2.83. The Labute approximate surface area is 67.3 Å². The summed E-state index contributed by atoms with van der Waals surface area (Å²) in [5.74, 6) is 0. The maximum absolute atomic E-state index is 8.61. The van der Waals surface area contributed by atoms with Crippen LogP contribution in [-0.2, 0) is 9.47 Å². The minimum atomic E-state index is 0.114. The summed E-state index contributed by atoms with van der Waals surface area (Å²) in [7, 11) is 0. The maximum Gasteiger partial charge on any atom is 0.0831 e. The molecule has 11 heavy (non-hydrogen) atoms. The zero-order valence-electron chi connectivity index (χ0n) is 6.95. The predicted molar refractivity (Wildman–Crippen MR) is 41.5 cm³/mol. The van der Waals surface area contributed by atoms with Gasteiger partial charge in [0.2, 0.25) is 0 Å². The molecule has 2 atom stereocenters. The van der Waals surface area contributed by atoms with Crippen molar-refractivity contribution in [3.63, 3.8) is 0 Å². The van der Waals surface area contributed by atoms with E-state index in [1.807, 2.05) is 0 Å². The summed E-state index contributed by atoms with van der Waals surface area (Å²) in [6.07, 6.45) is 2.08. The third-order valence-corrected chi connectivity index (χ3v) is 1.94. The summed E-state index contributed by atoms with van der Waals surface area (Å²) in [5.41, 5.74) is 0. The van der Waals surface area contributed by atoms with Gasteiger partial charge >= 0.3 is 0 Å². The first-order valence-corrected chi connectivity index (χ1v) is 4.21. The van der Waals surface area contributed by atoms with Gasteiger partial charge in [0.15, 0.2) is 0 Å². The zero-order valence-corrected chi connectivity index (χ0v) is 6.95. The van der Waals surface area contributed by atoms with Crippen molar-refractivity contribution in [2.75, 3.05) is 19.8 Å². The van der Waals surface area contributed by atoms with E-state index in [0.717, 1.165) is 6.42 Å². The first kappa shape index (κ1) is 8.97. The van der Waals surface area contributed by atoms with E-state index in [2.05, 4.69) is 6.92 Å². The van der Waals surface area contributed by atoms with Crippen molar-refractivity contribution in [1.82, 2.24) is 0 Å². The molecule has 0 amide bonds. The Bertz CT molecular complexity index is 97.5. The van der Waals surface area contributed by atoms with Crippen LogP contribution in [0.25, 0.3) is 0 Å². The largest absolute Gasteiger partial charge is 0.396 e. The molecule has 0 radical (unpaired) electrons. The van der Waals surface area contributed by atoms with E-state index in [4.69, 9.17) is 14.6 Å². The SMILES string of the molecule is CCC1COC(CCO)CO1. The maximum atomic E-state index is 8.61. The number of aliphatic hydroxyl groups is 1.